The van der Waals surface area contributed by atoms with Crippen LogP contribution in [-0.4, -0.2) is 39.4 Å². The summed E-state index contributed by atoms with van der Waals surface area (Å²) in [5.74, 6) is -0.162. The molecular formula is C14H16N4O3. The van der Waals surface area contributed by atoms with Crippen LogP contribution in [-0.2, 0) is 17.6 Å². The zero-order valence-electron chi connectivity index (χ0n) is 11.6. The number of aromatic amines is 2. The quantitative estimate of drug-likeness (QED) is 0.789. The molecule has 0 radical (unpaired) electrons. The van der Waals surface area contributed by atoms with E-state index in [-0.39, 0.29) is 12.3 Å². The van der Waals surface area contributed by atoms with Crippen LogP contribution in [0.15, 0.2) is 40.2 Å². The molecule has 2 rings (SSSR count). The highest BCUT2D eigenvalue weighted by atomic mass is 16.2. The molecule has 0 aliphatic heterocycles. The number of likely N-dealkylation sites (N-methyl/N-ethyl adjacent to an activating group) is 1. The first-order chi connectivity index (χ1) is 10.0. The topological polar surface area (TPSA) is 98.9 Å². The second-order valence-corrected chi connectivity index (χ2v) is 4.71. The Balaban J connectivity index is 1.93. The van der Waals surface area contributed by atoms with Crippen molar-refractivity contribution >= 4 is 5.91 Å². The summed E-state index contributed by atoms with van der Waals surface area (Å²) in [5.41, 5.74) is 0.282. The van der Waals surface area contributed by atoms with Gasteiger partial charge in [-0.3, -0.25) is 19.6 Å². The van der Waals surface area contributed by atoms with Crippen LogP contribution < -0.4 is 11.2 Å². The van der Waals surface area contributed by atoms with E-state index < -0.39 is 11.2 Å². The van der Waals surface area contributed by atoms with Crippen LogP contribution in [0, 0.1) is 0 Å². The summed E-state index contributed by atoms with van der Waals surface area (Å²) in [4.78, 5) is 44.3. The maximum Gasteiger partial charge on any atom is 0.325 e. The Morgan fingerprint density at radius 1 is 1.24 bits per heavy atom. The number of nitrogens with zero attached hydrogens (tertiary/aromatic N) is 2. The molecule has 0 spiro atoms. The molecule has 7 heteroatoms. The number of nitrogens with one attached hydrogen (secondary N) is 2. The van der Waals surface area contributed by atoms with E-state index in [2.05, 4.69) is 15.0 Å². The Kier molecular flexibility index (Phi) is 4.65. The molecule has 2 aromatic heterocycles. The van der Waals surface area contributed by atoms with Gasteiger partial charge in [-0.25, -0.2) is 4.79 Å². The molecule has 0 saturated carbocycles. The van der Waals surface area contributed by atoms with E-state index in [1.165, 1.54) is 6.07 Å². The third-order valence-corrected chi connectivity index (χ3v) is 3.07. The number of carbonyl (C=O) groups is 1. The molecule has 2 heterocycles. The van der Waals surface area contributed by atoms with Crippen molar-refractivity contribution in [3.63, 3.8) is 0 Å². The number of rotatable bonds is 5. The van der Waals surface area contributed by atoms with Crippen LogP contribution in [0.2, 0.25) is 0 Å². The van der Waals surface area contributed by atoms with Crippen molar-refractivity contribution in [1.82, 2.24) is 19.9 Å². The van der Waals surface area contributed by atoms with Crippen molar-refractivity contribution < 1.29 is 4.79 Å². The maximum absolute atomic E-state index is 12.0. The number of pyridine rings is 1. The summed E-state index contributed by atoms with van der Waals surface area (Å²) in [6, 6.07) is 5.01. The number of amides is 1. The standard InChI is InChI=1S/C14H16N4O3/c1-18(7-4-10-2-5-15-6-3-10)13(20)9-11-8-12(19)17-14(21)16-11/h2-3,5-6,8H,4,7,9H2,1H3,(H2,16,17,19,21). The maximum atomic E-state index is 12.0. The molecule has 1 amide bonds. The minimum absolute atomic E-state index is 0.00793. The molecule has 0 bridgehead atoms. The molecular weight excluding hydrogens is 272 g/mol. The first-order valence-electron chi connectivity index (χ1n) is 6.50. The van der Waals surface area contributed by atoms with Gasteiger partial charge < -0.3 is 9.88 Å². The third kappa shape index (κ3) is 4.41. The van der Waals surface area contributed by atoms with Crippen molar-refractivity contribution in [1.29, 1.82) is 0 Å². The van der Waals surface area contributed by atoms with Gasteiger partial charge in [0.2, 0.25) is 5.91 Å². The summed E-state index contributed by atoms with van der Waals surface area (Å²) < 4.78 is 0. The van der Waals surface area contributed by atoms with E-state index in [4.69, 9.17) is 0 Å². The lowest BCUT2D eigenvalue weighted by atomic mass is 10.2. The van der Waals surface area contributed by atoms with Gasteiger partial charge in [-0.05, 0) is 24.1 Å². The SMILES string of the molecule is CN(CCc1ccncc1)C(=O)Cc1cc(=O)[nH]c(=O)[nH]1. The van der Waals surface area contributed by atoms with Crippen molar-refractivity contribution in [3.8, 4) is 0 Å². The lowest BCUT2D eigenvalue weighted by Gasteiger charge is -2.17. The molecule has 0 atom stereocenters. The van der Waals surface area contributed by atoms with Crippen molar-refractivity contribution in [2.75, 3.05) is 13.6 Å². The van der Waals surface area contributed by atoms with Gasteiger partial charge in [0.25, 0.3) is 5.56 Å². The van der Waals surface area contributed by atoms with E-state index in [9.17, 15) is 14.4 Å². The predicted molar refractivity (Wildman–Crippen MR) is 77.0 cm³/mol. The molecule has 2 aromatic rings. The van der Waals surface area contributed by atoms with E-state index >= 15 is 0 Å². The van der Waals surface area contributed by atoms with E-state index in [0.29, 0.717) is 12.2 Å². The fourth-order valence-electron chi connectivity index (χ4n) is 1.88. The zero-order chi connectivity index (χ0) is 15.2. The monoisotopic (exact) mass is 288 g/mol. The molecule has 0 fully saturated rings. The summed E-state index contributed by atoms with van der Waals surface area (Å²) in [6.45, 7) is 0.552. The lowest BCUT2D eigenvalue weighted by molar-refractivity contribution is -0.129. The zero-order valence-corrected chi connectivity index (χ0v) is 11.6. The van der Waals surface area contributed by atoms with Crippen LogP contribution >= 0.6 is 0 Å². The van der Waals surface area contributed by atoms with Gasteiger partial charge in [0.1, 0.15) is 0 Å². The Hall–Kier alpha value is -2.70. The molecule has 110 valence electrons. The molecule has 0 saturated heterocycles. The normalized spacial score (nSPS) is 10.3. The summed E-state index contributed by atoms with van der Waals surface area (Å²) in [7, 11) is 1.69. The van der Waals surface area contributed by atoms with Crippen molar-refractivity contribution in [2.24, 2.45) is 0 Å². The highest BCUT2D eigenvalue weighted by molar-refractivity contribution is 5.78. The predicted octanol–water partition coefficient (Wildman–Crippen LogP) is -0.298. The van der Waals surface area contributed by atoms with E-state index in [0.717, 1.165) is 12.0 Å². The molecule has 0 aliphatic carbocycles. The largest absolute Gasteiger partial charge is 0.345 e. The fraction of sp³-hybridized carbons (Fsp3) is 0.286. The minimum Gasteiger partial charge on any atom is -0.345 e. The van der Waals surface area contributed by atoms with Crippen molar-refractivity contribution in [2.45, 2.75) is 12.8 Å². The van der Waals surface area contributed by atoms with Crippen LogP contribution in [0.5, 0.6) is 0 Å². The average molecular weight is 288 g/mol. The summed E-state index contributed by atoms with van der Waals surface area (Å²) >= 11 is 0. The number of hydrogen-bond acceptors (Lipinski definition) is 4. The highest BCUT2D eigenvalue weighted by Crippen LogP contribution is 2.00. The van der Waals surface area contributed by atoms with Gasteiger partial charge in [0.15, 0.2) is 0 Å². The average Bonchev–Trinajstić information content (AvgIpc) is 2.44. The number of H-pyrrole nitrogens is 2. The van der Waals surface area contributed by atoms with Gasteiger partial charge >= 0.3 is 5.69 Å². The van der Waals surface area contributed by atoms with Crippen LogP contribution in [0.25, 0.3) is 0 Å². The number of hydrogen-bond donors (Lipinski definition) is 2. The van der Waals surface area contributed by atoms with Gasteiger partial charge in [0, 0.05) is 37.7 Å². The third-order valence-electron chi connectivity index (χ3n) is 3.07. The van der Waals surface area contributed by atoms with Gasteiger partial charge in [-0.2, -0.15) is 0 Å². The lowest BCUT2D eigenvalue weighted by Crippen LogP contribution is -2.32. The molecule has 0 unspecified atom stereocenters. The number of aromatic nitrogens is 3. The second kappa shape index (κ2) is 6.65. The first-order valence-corrected chi connectivity index (χ1v) is 6.50. The summed E-state index contributed by atoms with van der Waals surface area (Å²) in [6.07, 6.45) is 4.12. The van der Waals surface area contributed by atoms with Crippen LogP contribution in [0.1, 0.15) is 11.3 Å². The Labute approximate surface area is 120 Å². The molecule has 0 aliphatic rings. The van der Waals surface area contributed by atoms with Crippen LogP contribution in [0.3, 0.4) is 0 Å². The Bertz CT molecular complexity index is 692. The fourth-order valence-corrected chi connectivity index (χ4v) is 1.88. The molecule has 21 heavy (non-hydrogen) atoms. The van der Waals surface area contributed by atoms with Gasteiger partial charge in [-0.1, -0.05) is 0 Å². The molecule has 0 aromatic carbocycles. The van der Waals surface area contributed by atoms with Gasteiger partial charge in [0.05, 0.1) is 6.42 Å². The van der Waals surface area contributed by atoms with E-state index in [1.807, 2.05) is 12.1 Å². The summed E-state index contributed by atoms with van der Waals surface area (Å²) in [5, 5.41) is 0. The minimum atomic E-state index is -0.607. The molecule has 7 nitrogen and oxygen atoms in total. The Morgan fingerprint density at radius 3 is 2.62 bits per heavy atom. The van der Waals surface area contributed by atoms with E-state index in [1.54, 1.807) is 24.3 Å². The molecule has 2 N–H and O–H groups in total. The first kappa shape index (κ1) is 14.7. The smallest absolute Gasteiger partial charge is 0.325 e. The van der Waals surface area contributed by atoms with Crippen molar-refractivity contribution in [3.05, 3.63) is 62.7 Å². The van der Waals surface area contributed by atoms with Crippen LogP contribution in [0.4, 0.5) is 0 Å². The van der Waals surface area contributed by atoms with Gasteiger partial charge in [-0.15, -0.1) is 0 Å². The second-order valence-electron chi connectivity index (χ2n) is 4.71. The Morgan fingerprint density at radius 2 is 1.95 bits per heavy atom. The highest BCUT2D eigenvalue weighted by Gasteiger charge is 2.10. The number of carbonyl (C=O) groups excluding carboxylic acids is 1.